The van der Waals surface area contributed by atoms with Gasteiger partial charge in [-0.25, -0.2) is 9.37 Å². The Kier molecular flexibility index (Phi) is 5.44. The Morgan fingerprint density at radius 2 is 2.36 bits per heavy atom. The highest BCUT2D eigenvalue weighted by molar-refractivity contribution is 7.13. The van der Waals surface area contributed by atoms with Crippen molar-refractivity contribution in [1.29, 1.82) is 5.26 Å². The Morgan fingerprint density at radius 1 is 1.55 bits per heavy atom. The van der Waals surface area contributed by atoms with Crippen LogP contribution in [0.1, 0.15) is 30.1 Å². The molecular formula is C15H15FN4OS. The minimum atomic E-state index is -0.620. The summed E-state index contributed by atoms with van der Waals surface area (Å²) in [5, 5.41) is 16.7. The van der Waals surface area contributed by atoms with Crippen LogP contribution in [0.15, 0.2) is 29.8 Å². The third-order valence-corrected chi connectivity index (χ3v) is 3.75. The smallest absolute Gasteiger partial charge is 0.254 e. The van der Waals surface area contributed by atoms with Crippen LogP contribution in [0.5, 0.6) is 0 Å². The zero-order valence-electron chi connectivity index (χ0n) is 12.0. The molecule has 2 rings (SSSR count). The number of nitriles is 1. The molecule has 1 unspecified atom stereocenters. The Balaban J connectivity index is 2.08. The predicted octanol–water partition coefficient (Wildman–Crippen LogP) is 3.45. The summed E-state index contributed by atoms with van der Waals surface area (Å²) in [6.45, 7) is 1.86. The summed E-state index contributed by atoms with van der Waals surface area (Å²) in [6, 6.07) is 6.01. The molecule has 1 aromatic carbocycles. The molecule has 1 heterocycles. The topological polar surface area (TPSA) is 77.8 Å². The van der Waals surface area contributed by atoms with Gasteiger partial charge in [-0.2, -0.15) is 5.26 Å². The first kappa shape index (κ1) is 15.9. The van der Waals surface area contributed by atoms with Crippen molar-refractivity contribution in [2.24, 2.45) is 0 Å². The lowest BCUT2D eigenvalue weighted by atomic mass is 10.1. The van der Waals surface area contributed by atoms with Crippen LogP contribution in [-0.2, 0) is 0 Å². The molecule has 0 radical (unpaired) electrons. The first-order valence-corrected chi connectivity index (χ1v) is 7.66. The van der Waals surface area contributed by atoms with Gasteiger partial charge in [0, 0.05) is 23.3 Å². The number of amides is 1. The molecule has 0 bridgehead atoms. The molecule has 22 heavy (non-hydrogen) atoms. The lowest BCUT2D eigenvalue weighted by molar-refractivity contribution is 0.0932. The van der Waals surface area contributed by atoms with Crippen LogP contribution in [0, 0.1) is 17.1 Å². The van der Waals surface area contributed by atoms with Gasteiger partial charge in [0.25, 0.3) is 5.91 Å². The average Bonchev–Trinajstić information content (AvgIpc) is 2.99. The van der Waals surface area contributed by atoms with Crippen molar-refractivity contribution in [1.82, 2.24) is 10.3 Å². The van der Waals surface area contributed by atoms with E-state index in [2.05, 4.69) is 15.6 Å². The van der Waals surface area contributed by atoms with Gasteiger partial charge in [0.2, 0.25) is 0 Å². The van der Waals surface area contributed by atoms with Crippen LogP contribution in [0.3, 0.4) is 0 Å². The van der Waals surface area contributed by atoms with Crippen LogP contribution < -0.4 is 10.6 Å². The van der Waals surface area contributed by atoms with Crippen molar-refractivity contribution in [3.05, 3.63) is 41.2 Å². The lowest BCUT2D eigenvalue weighted by Gasteiger charge is -2.14. The molecule has 0 saturated carbocycles. The van der Waals surface area contributed by atoms with E-state index in [4.69, 9.17) is 5.26 Å². The van der Waals surface area contributed by atoms with Gasteiger partial charge in [0.05, 0.1) is 18.1 Å². The van der Waals surface area contributed by atoms with Crippen molar-refractivity contribution in [2.75, 3.05) is 5.32 Å². The summed E-state index contributed by atoms with van der Waals surface area (Å²) in [6.07, 6.45) is 2.46. The van der Waals surface area contributed by atoms with Crippen molar-refractivity contribution in [3.8, 4) is 6.07 Å². The van der Waals surface area contributed by atoms with Gasteiger partial charge in [-0.05, 0) is 24.6 Å². The monoisotopic (exact) mass is 318 g/mol. The maximum atomic E-state index is 14.1. The highest BCUT2D eigenvalue weighted by Crippen LogP contribution is 2.21. The molecule has 2 aromatic rings. The number of nitrogens with zero attached hydrogens (tertiary/aromatic N) is 2. The third kappa shape index (κ3) is 4.02. The summed E-state index contributed by atoms with van der Waals surface area (Å²) >= 11 is 1.40. The van der Waals surface area contributed by atoms with Gasteiger partial charge in [-0.15, -0.1) is 11.3 Å². The predicted molar refractivity (Wildman–Crippen MR) is 83.6 cm³/mol. The quantitative estimate of drug-likeness (QED) is 0.855. The summed E-state index contributed by atoms with van der Waals surface area (Å²) in [5.74, 6) is -1.13. The fourth-order valence-corrected chi connectivity index (χ4v) is 2.41. The number of nitrogens with one attached hydrogen (secondary N) is 2. The van der Waals surface area contributed by atoms with Crippen molar-refractivity contribution >= 4 is 28.1 Å². The van der Waals surface area contributed by atoms with E-state index in [9.17, 15) is 9.18 Å². The van der Waals surface area contributed by atoms with Crippen LogP contribution in [0.25, 0.3) is 0 Å². The van der Waals surface area contributed by atoms with Crippen molar-refractivity contribution in [3.63, 3.8) is 0 Å². The molecule has 0 saturated heterocycles. The number of rotatable bonds is 6. The highest BCUT2D eigenvalue weighted by Gasteiger charge is 2.16. The number of benzene rings is 1. The molecule has 1 aromatic heterocycles. The SMILES string of the molecule is CCC(CC#N)NC(=O)c1ccc(Nc2nccs2)cc1F. The van der Waals surface area contributed by atoms with E-state index < -0.39 is 11.7 Å². The molecule has 0 aliphatic carbocycles. The lowest BCUT2D eigenvalue weighted by Crippen LogP contribution is -2.34. The second kappa shape index (κ2) is 7.52. The van der Waals surface area contributed by atoms with E-state index in [0.717, 1.165) is 0 Å². The Bertz CT molecular complexity index is 681. The number of hydrogen-bond acceptors (Lipinski definition) is 5. The Labute approximate surface area is 131 Å². The molecule has 1 atom stereocenters. The molecular weight excluding hydrogens is 303 g/mol. The maximum Gasteiger partial charge on any atom is 0.254 e. The van der Waals surface area contributed by atoms with Gasteiger partial charge in [0.1, 0.15) is 5.82 Å². The normalized spacial score (nSPS) is 11.5. The van der Waals surface area contributed by atoms with Crippen molar-refractivity contribution in [2.45, 2.75) is 25.8 Å². The summed E-state index contributed by atoms with van der Waals surface area (Å²) in [7, 11) is 0. The summed E-state index contributed by atoms with van der Waals surface area (Å²) in [4.78, 5) is 16.1. The molecule has 5 nitrogen and oxygen atoms in total. The van der Waals surface area contributed by atoms with Crippen LogP contribution in [-0.4, -0.2) is 16.9 Å². The molecule has 0 fully saturated rings. The average molecular weight is 318 g/mol. The number of hydrogen-bond donors (Lipinski definition) is 2. The van der Waals surface area contributed by atoms with Gasteiger partial charge in [0.15, 0.2) is 5.13 Å². The van der Waals surface area contributed by atoms with Gasteiger partial charge < -0.3 is 10.6 Å². The first-order chi connectivity index (χ1) is 10.6. The Morgan fingerprint density at radius 3 is 2.95 bits per heavy atom. The molecule has 2 N–H and O–H groups in total. The molecule has 0 aliphatic heterocycles. The number of halogens is 1. The van der Waals surface area contributed by atoms with E-state index in [-0.39, 0.29) is 18.0 Å². The van der Waals surface area contributed by atoms with Gasteiger partial charge >= 0.3 is 0 Å². The third-order valence-electron chi connectivity index (χ3n) is 3.06. The second-order valence-corrected chi connectivity index (χ2v) is 5.49. The first-order valence-electron chi connectivity index (χ1n) is 6.78. The zero-order chi connectivity index (χ0) is 15.9. The Hall–Kier alpha value is -2.46. The highest BCUT2D eigenvalue weighted by atomic mass is 32.1. The van der Waals surface area contributed by atoms with E-state index in [1.54, 1.807) is 17.6 Å². The largest absolute Gasteiger partial charge is 0.348 e. The standard InChI is InChI=1S/C15H15FN4OS/c1-2-10(5-6-17)19-14(21)12-4-3-11(9-13(12)16)20-15-18-7-8-22-15/h3-4,7-10H,2,5H2,1H3,(H,18,20)(H,19,21). The molecule has 0 aliphatic rings. The summed E-state index contributed by atoms with van der Waals surface area (Å²) in [5.41, 5.74) is 0.481. The molecule has 1 amide bonds. The maximum absolute atomic E-state index is 14.1. The van der Waals surface area contributed by atoms with Crippen LogP contribution >= 0.6 is 11.3 Å². The van der Waals surface area contributed by atoms with Crippen molar-refractivity contribution < 1.29 is 9.18 Å². The minimum absolute atomic E-state index is 0.0407. The number of aromatic nitrogens is 1. The van der Waals surface area contributed by atoms with Crippen LogP contribution in [0.2, 0.25) is 0 Å². The molecule has 114 valence electrons. The fraction of sp³-hybridized carbons (Fsp3) is 0.267. The number of carbonyl (C=O) groups is 1. The minimum Gasteiger partial charge on any atom is -0.348 e. The summed E-state index contributed by atoms with van der Waals surface area (Å²) < 4.78 is 14.1. The zero-order valence-corrected chi connectivity index (χ0v) is 12.8. The fourth-order valence-electron chi connectivity index (χ4n) is 1.86. The van der Waals surface area contributed by atoms with Gasteiger partial charge in [-0.3, -0.25) is 4.79 Å². The van der Waals surface area contributed by atoms with Gasteiger partial charge in [-0.1, -0.05) is 6.92 Å². The molecule has 0 spiro atoms. The second-order valence-electron chi connectivity index (χ2n) is 4.60. The number of carbonyl (C=O) groups excluding carboxylic acids is 1. The molecule has 7 heteroatoms. The van der Waals surface area contributed by atoms with E-state index in [1.807, 2.05) is 13.0 Å². The van der Waals surface area contributed by atoms with E-state index in [1.165, 1.54) is 23.5 Å². The van der Waals surface area contributed by atoms with Crippen LogP contribution in [0.4, 0.5) is 15.2 Å². The number of anilines is 2. The van der Waals surface area contributed by atoms with E-state index >= 15 is 0 Å². The number of thiazole rings is 1. The van der Waals surface area contributed by atoms with E-state index in [0.29, 0.717) is 17.2 Å².